The van der Waals surface area contributed by atoms with Gasteiger partial charge in [-0.1, -0.05) is 11.6 Å². The molecule has 0 N–H and O–H groups in total. The Bertz CT molecular complexity index is 517. The molecule has 1 saturated heterocycles. The van der Waals surface area contributed by atoms with Crippen molar-refractivity contribution in [2.24, 2.45) is 5.92 Å². The number of carbonyl (C=O) groups excluding carboxylic acids is 1. The van der Waals surface area contributed by atoms with Crippen LogP contribution in [0.15, 0.2) is 18.2 Å². The zero-order valence-corrected chi connectivity index (χ0v) is 12.3. The van der Waals surface area contributed by atoms with Crippen LogP contribution >= 0.6 is 0 Å². The van der Waals surface area contributed by atoms with Gasteiger partial charge in [-0.2, -0.15) is 0 Å². The summed E-state index contributed by atoms with van der Waals surface area (Å²) in [6.45, 7) is 2.72. The maximum atomic E-state index is 12.8. The number of methoxy groups -OCH3 is 1. The highest BCUT2D eigenvalue weighted by Crippen LogP contribution is 2.45. The van der Waals surface area contributed by atoms with Crippen LogP contribution < -0.4 is 4.74 Å². The van der Waals surface area contributed by atoms with E-state index in [0.717, 1.165) is 36.8 Å². The Morgan fingerprint density at radius 3 is 2.85 bits per heavy atom. The van der Waals surface area contributed by atoms with Crippen molar-refractivity contribution >= 4 is 5.78 Å². The highest BCUT2D eigenvalue weighted by atomic mass is 16.5. The van der Waals surface area contributed by atoms with Gasteiger partial charge in [0.25, 0.3) is 0 Å². The monoisotopic (exact) mass is 274 g/mol. The summed E-state index contributed by atoms with van der Waals surface area (Å²) in [6, 6.07) is 5.82. The Kier molecular flexibility index (Phi) is 3.55. The molecule has 1 aromatic carbocycles. The van der Waals surface area contributed by atoms with E-state index < -0.39 is 0 Å². The molecule has 2 fully saturated rings. The minimum atomic E-state index is 0.00956. The topological polar surface area (TPSA) is 35.5 Å². The van der Waals surface area contributed by atoms with E-state index >= 15 is 0 Å². The van der Waals surface area contributed by atoms with E-state index in [-0.39, 0.29) is 17.3 Å². The fraction of sp³-hybridized carbons (Fsp3) is 0.588. The number of hydrogen-bond donors (Lipinski definition) is 0. The number of ether oxygens (including phenoxy) is 2. The second-order valence-corrected chi connectivity index (χ2v) is 6.14. The predicted molar refractivity (Wildman–Crippen MR) is 77.3 cm³/mol. The van der Waals surface area contributed by atoms with Gasteiger partial charge in [0.15, 0.2) is 5.78 Å². The van der Waals surface area contributed by atoms with Gasteiger partial charge in [0.2, 0.25) is 0 Å². The molecule has 20 heavy (non-hydrogen) atoms. The molecule has 3 heteroatoms. The van der Waals surface area contributed by atoms with Crippen LogP contribution in [0.1, 0.15) is 48.0 Å². The molecule has 0 amide bonds. The van der Waals surface area contributed by atoms with E-state index in [1.807, 2.05) is 25.1 Å². The van der Waals surface area contributed by atoms with Gasteiger partial charge in [-0.15, -0.1) is 0 Å². The van der Waals surface area contributed by atoms with Crippen LogP contribution in [0.5, 0.6) is 5.75 Å². The third-order valence-corrected chi connectivity index (χ3v) is 4.75. The van der Waals surface area contributed by atoms with Gasteiger partial charge < -0.3 is 9.47 Å². The Morgan fingerprint density at radius 1 is 1.40 bits per heavy atom. The second-order valence-electron chi connectivity index (χ2n) is 6.14. The van der Waals surface area contributed by atoms with Gasteiger partial charge in [-0.25, -0.2) is 0 Å². The lowest BCUT2D eigenvalue weighted by Crippen LogP contribution is -2.47. The van der Waals surface area contributed by atoms with Crippen LogP contribution in [0.2, 0.25) is 0 Å². The van der Waals surface area contributed by atoms with Gasteiger partial charge in [0.1, 0.15) is 5.75 Å². The lowest BCUT2D eigenvalue weighted by atomic mass is 9.70. The summed E-state index contributed by atoms with van der Waals surface area (Å²) < 4.78 is 11.3. The summed E-state index contributed by atoms with van der Waals surface area (Å²) in [7, 11) is 1.62. The average molecular weight is 274 g/mol. The molecule has 3 nitrogen and oxygen atoms in total. The molecule has 108 valence electrons. The van der Waals surface area contributed by atoms with E-state index in [2.05, 4.69) is 0 Å². The van der Waals surface area contributed by atoms with Crippen molar-refractivity contribution in [1.29, 1.82) is 0 Å². The average Bonchev–Trinajstić information content (AvgIpc) is 2.45. The Hall–Kier alpha value is -1.35. The Morgan fingerprint density at radius 2 is 2.20 bits per heavy atom. The number of rotatable bonds is 3. The van der Waals surface area contributed by atoms with Crippen LogP contribution in [-0.4, -0.2) is 25.1 Å². The third kappa shape index (κ3) is 2.35. The zero-order valence-electron chi connectivity index (χ0n) is 12.3. The van der Waals surface area contributed by atoms with Crippen LogP contribution in [0, 0.1) is 12.8 Å². The summed E-state index contributed by atoms with van der Waals surface area (Å²) in [4.78, 5) is 12.8. The molecule has 1 aromatic rings. The van der Waals surface area contributed by atoms with Crippen molar-refractivity contribution < 1.29 is 14.3 Å². The molecule has 0 radical (unpaired) electrons. The van der Waals surface area contributed by atoms with Gasteiger partial charge in [0.05, 0.1) is 18.3 Å². The third-order valence-electron chi connectivity index (χ3n) is 4.75. The van der Waals surface area contributed by atoms with Crippen molar-refractivity contribution in [3.05, 3.63) is 29.3 Å². The van der Waals surface area contributed by atoms with Gasteiger partial charge in [-0.3, -0.25) is 4.79 Å². The first kappa shape index (κ1) is 13.6. The van der Waals surface area contributed by atoms with Gasteiger partial charge >= 0.3 is 0 Å². The predicted octanol–water partition coefficient (Wildman–Crippen LogP) is 3.54. The molecule has 0 bridgehead atoms. The van der Waals surface area contributed by atoms with Crippen molar-refractivity contribution in [3.63, 3.8) is 0 Å². The standard InChI is InChI=1S/C17H22O3/c1-12-4-5-15(19-2)14(10-12)16(18)13-6-9-20-17(11-13)7-3-8-17/h4-5,10,13H,3,6-9,11H2,1-2H3. The molecule has 1 spiro atoms. The molecular formula is C17H22O3. The first-order chi connectivity index (χ1) is 9.63. The minimum Gasteiger partial charge on any atom is -0.496 e. The number of carbonyl (C=O) groups is 1. The van der Waals surface area contributed by atoms with E-state index in [1.165, 1.54) is 6.42 Å². The van der Waals surface area contributed by atoms with Crippen LogP contribution in [0.4, 0.5) is 0 Å². The first-order valence-electron chi connectivity index (χ1n) is 7.46. The molecule has 1 aliphatic heterocycles. The number of hydrogen-bond acceptors (Lipinski definition) is 3. The molecule has 1 aliphatic carbocycles. The van der Waals surface area contributed by atoms with Gasteiger partial charge in [0, 0.05) is 12.5 Å². The van der Waals surface area contributed by atoms with E-state index in [9.17, 15) is 4.79 Å². The van der Waals surface area contributed by atoms with Crippen molar-refractivity contribution in [1.82, 2.24) is 0 Å². The summed E-state index contributed by atoms with van der Waals surface area (Å²) in [5, 5.41) is 0. The Labute approximate surface area is 120 Å². The highest BCUT2D eigenvalue weighted by molar-refractivity contribution is 6.00. The minimum absolute atomic E-state index is 0.00956. The lowest BCUT2D eigenvalue weighted by Gasteiger charge is -2.46. The normalized spacial score (nSPS) is 24.2. The number of benzene rings is 1. The molecule has 1 atom stereocenters. The lowest BCUT2D eigenvalue weighted by molar-refractivity contribution is -0.137. The SMILES string of the molecule is COc1ccc(C)cc1C(=O)C1CCOC2(CCC2)C1. The maximum Gasteiger partial charge on any atom is 0.169 e. The second kappa shape index (κ2) is 5.21. The smallest absolute Gasteiger partial charge is 0.169 e. The fourth-order valence-electron chi connectivity index (χ4n) is 3.41. The van der Waals surface area contributed by atoms with E-state index in [4.69, 9.17) is 9.47 Å². The first-order valence-corrected chi connectivity index (χ1v) is 7.46. The molecule has 1 unspecified atom stereocenters. The van der Waals surface area contributed by atoms with Crippen molar-refractivity contribution in [2.75, 3.05) is 13.7 Å². The summed E-state index contributed by atoms with van der Waals surface area (Å²) in [5.74, 6) is 0.995. The molecule has 1 heterocycles. The Balaban J connectivity index is 1.83. The van der Waals surface area contributed by atoms with Crippen molar-refractivity contribution in [3.8, 4) is 5.75 Å². The van der Waals surface area contributed by atoms with Crippen LogP contribution in [0.3, 0.4) is 0 Å². The largest absolute Gasteiger partial charge is 0.496 e. The molecule has 0 aromatic heterocycles. The summed E-state index contributed by atoms with van der Waals surface area (Å²) in [6.07, 6.45) is 5.17. The molecule has 1 saturated carbocycles. The number of Topliss-reactive ketones (excluding diaryl/α,β-unsaturated/α-hetero) is 1. The van der Waals surface area contributed by atoms with Crippen LogP contribution in [0.25, 0.3) is 0 Å². The van der Waals surface area contributed by atoms with Gasteiger partial charge in [-0.05, 0) is 51.2 Å². The summed E-state index contributed by atoms with van der Waals surface area (Å²) in [5.41, 5.74) is 1.84. The quantitative estimate of drug-likeness (QED) is 0.791. The van der Waals surface area contributed by atoms with Crippen LogP contribution in [-0.2, 0) is 4.74 Å². The summed E-state index contributed by atoms with van der Waals surface area (Å²) >= 11 is 0. The number of aryl methyl sites for hydroxylation is 1. The zero-order chi connectivity index (χ0) is 14.2. The fourth-order valence-corrected chi connectivity index (χ4v) is 3.41. The molecular weight excluding hydrogens is 252 g/mol. The van der Waals surface area contributed by atoms with E-state index in [0.29, 0.717) is 12.4 Å². The molecule has 3 rings (SSSR count). The van der Waals surface area contributed by atoms with E-state index in [1.54, 1.807) is 7.11 Å². The van der Waals surface area contributed by atoms with Crippen molar-refractivity contribution in [2.45, 2.75) is 44.6 Å². The number of ketones is 1. The molecule has 2 aliphatic rings. The highest BCUT2D eigenvalue weighted by Gasteiger charge is 2.44. The maximum absolute atomic E-state index is 12.8.